The van der Waals surface area contributed by atoms with Crippen LogP contribution in [0.4, 0.5) is 5.69 Å². The monoisotopic (exact) mass is 459 g/mol. The maximum atomic E-state index is 12.5. The second-order valence-corrected chi connectivity index (χ2v) is 8.97. The van der Waals surface area contributed by atoms with Crippen molar-refractivity contribution in [3.8, 4) is 11.4 Å². The van der Waals surface area contributed by atoms with E-state index in [0.29, 0.717) is 48.6 Å². The van der Waals surface area contributed by atoms with Crippen LogP contribution in [0.2, 0.25) is 10.0 Å². The summed E-state index contributed by atoms with van der Waals surface area (Å²) in [6.07, 6.45) is -0.285. The molecule has 3 aromatic rings. The van der Waals surface area contributed by atoms with Crippen molar-refractivity contribution in [3.05, 3.63) is 46.4 Å². The number of carbonyl (C=O) groups excluding carboxylic acids is 1. The summed E-state index contributed by atoms with van der Waals surface area (Å²) in [5, 5.41) is 10.7. The van der Waals surface area contributed by atoms with Gasteiger partial charge in [0, 0.05) is 55.5 Å². The number of rotatable bonds is 4. The zero-order chi connectivity index (χ0) is 21.5. The number of amides is 1. The molecule has 2 aliphatic rings. The molecule has 162 valence electrons. The molecule has 2 aliphatic heterocycles. The third kappa shape index (κ3) is 4.23. The van der Waals surface area contributed by atoms with Crippen molar-refractivity contribution in [2.45, 2.75) is 6.10 Å². The zero-order valence-corrected chi connectivity index (χ0v) is 18.4. The number of carbonyl (C=O) groups is 1. The number of fused-ring (bicyclic) bond motifs is 1. The van der Waals surface area contributed by atoms with Gasteiger partial charge in [0.05, 0.1) is 28.7 Å². The van der Waals surface area contributed by atoms with Gasteiger partial charge in [-0.05, 0) is 36.4 Å². The molecular formula is C22H23Cl2N5O2. The summed E-state index contributed by atoms with van der Waals surface area (Å²) < 4.78 is 0. The predicted molar refractivity (Wildman–Crippen MR) is 123 cm³/mol. The molecular weight excluding hydrogens is 437 g/mol. The Balaban J connectivity index is 1.28. The largest absolute Gasteiger partial charge is 0.390 e. The minimum Gasteiger partial charge on any atom is -0.390 e. The summed E-state index contributed by atoms with van der Waals surface area (Å²) in [6, 6.07) is 11.5. The number of hydrogen-bond donors (Lipinski definition) is 2. The van der Waals surface area contributed by atoms with Gasteiger partial charge in [-0.25, -0.2) is 4.98 Å². The number of aromatic amines is 1. The van der Waals surface area contributed by atoms with Crippen molar-refractivity contribution >= 4 is 45.8 Å². The van der Waals surface area contributed by atoms with E-state index in [4.69, 9.17) is 23.2 Å². The molecule has 0 aliphatic carbocycles. The van der Waals surface area contributed by atoms with E-state index >= 15 is 0 Å². The highest BCUT2D eigenvalue weighted by Gasteiger charge is 2.29. The van der Waals surface area contributed by atoms with Gasteiger partial charge in [-0.1, -0.05) is 23.2 Å². The number of aromatic nitrogens is 2. The Morgan fingerprint density at radius 1 is 1.10 bits per heavy atom. The number of hydrogen-bond acceptors (Lipinski definition) is 5. The number of likely N-dealkylation sites (tertiary alicyclic amines) is 1. The highest BCUT2D eigenvalue weighted by atomic mass is 35.5. The van der Waals surface area contributed by atoms with Gasteiger partial charge in [-0.3, -0.25) is 9.69 Å². The number of anilines is 1. The molecule has 0 saturated carbocycles. The van der Waals surface area contributed by atoms with Gasteiger partial charge in [0.25, 0.3) is 0 Å². The second kappa shape index (κ2) is 8.31. The molecule has 5 rings (SSSR count). The first-order chi connectivity index (χ1) is 15.0. The average Bonchev–Trinajstić information content (AvgIpc) is 3.16. The third-order valence-corrected chi connectivity index (χ3v) is 6.51. The molecule has 0 bridgehead atoms. The van der Waals surface area contributed by atoms with Gasteiger partial charge >= 0.3 is 0 Å². The molecule has 2 aromatic carbocycles. The number of nitrogens with one attached hydrogen (secondary N) is 1. The van der Waals surface area contributed by atoms with Crippen LogP contribution in [-0.4, -0.2) is 82.7 Å². The number of β-amino-alcohol motifs (C(OH)–C–C–N with tert-alkyl or cyclic N) is 1. The van der Waals surface area contributed by atoms with E-state index in [-0.39, 0.29) is 12.0 Å². The number of benzene rings is 2. The summed E-state index contributed by atoms with van der Waals surface area (Å²) >= 11 is 12.6. The number of imidazole rings is 1. The van der Waals surface area contributed by atoms with E-state index in [9.17, 15) is 9.90 Å². The first-order valence-electron chi connectivity index (χ1n) is 10.3. The Bertz CT molecular complexity index is 1120. The van der Waals surface area contributed by atoms with Gasteiger partial charge < -0.3 is 19.9 Å². The van der Waals surface area contributed by atoms with E-state index < -0.39 is 0 Å². The third-order valence-electron chi connectivity index (χ3n) is 5.94. The maximum Gasteiger partial charge on any atom is 0.236 e. The zero-order valence-electron chi connectivity index (χ0n) is 16.9. The first-order valence-corrected chi connectivity index (χ1v) is 11.1. The lowest BCUT2D eigenvalue weighted by Crippen LogP contribution is -2.56. The minimum atomic E-state index is -0.285. The summed E-state index contributed by atoms with van der Waals surface area (Å²) in [7, 11) is 0. The predicted octanol–water partition coefficient (Wildman–Crippen LogP) is 2.86. The highest BCUT2D eigenvalue weighted by Crippen LogP contribution is 2.32. The quantitative estimate of drug-likeness (QED) is 0.627. The molecule has 31 heavy (non-hydrogen) atoms. The van der Waals surface area contributed by atoms with Crippen LogP contribution < -0.4 is 4.90 Å². The molecule has 0 spiro atoms. The van der Waals surface area contributed by atoms with Crippen molar-refractivity contribution < 1.29 is 9.90 Å². The molecule has 1 aromatic heterocycles. The van der Waals surface area contributed by atoms with Crippen molar-refractivity contribution in [2.24, 2.45) is 0 Å². The lowest BCUT2D eigenvalue weighted by molar-refractivity contribution is -0.135. The first kappa shape index (κ1) is 20.6. The van der Waals surface area contributed by atoms with Gasteiger partial charge in [0.2, 0.25) is 5.91 Å². The highest BCUT2D eigenvalue weighted by molar-refractivity contribution is 6.33. The van der Waals surface area contributed by atoms with Gasteiger partial charge in [-0.15, -0.1) is 0 Å². The average molecular weight is 460 g/mol. The Labute approximate surface area is 190 Å². The van der Waals surface area contributed by atoms with Crippen LogP contribution in [-0.2, 0) is 4.79 Å². The lowest BCUT2D eigenvalue weighted by Gasteiger charge is -2.39. The van der Waals surface area contributed by atoms with Crippen LogP contribution in [0.25, 0.3) is 22.4 Å². The SMILES string of the molecule is O=C(CN1CC(O)C1)N1CCN(c2ccc(Cl)c(-c3nc4ccc(Cl)cc4[nH]3)c2)CC1. The van der Waals surface area contributed by atoms with E-state index in [0.717, 1.165) is 35.4 Å². The molecule has 2 saturated heterocycles. The molecule has 2 fully saturated rings. The number of halogens is 2. The van der Waals surface area contributed by atoms with Crippen molar-refractivity contribution in [2.75, 3.05) is 50.7 Å². The van der Waals surface area contributed by atoms with Gasteiger partial charge in [0.1, 0.15) is 5.82 Å². The van der Waals surface area contributed by atoms with Crippen LogP contribution in [0.5, 0.6) is 0 Å². The molecule has 2 N–H and O–H groups in total. The van der Waals surface area contributed by atoms with Crippen LogP contribution in [0.3, 0.4) is 0 Å². The lowest BCUT2D eigenvalue weighted by atomic mass is 10.1. The smallest absolute Gasteiger partial charge is 0.236 e. The number of piperazine rings is 1. The normalized spacial score (nSPS) is 17.9. The number of aliphatic hydroxyl groups excluding tert-OH is 1. The van der Waals surface area contributed by atoms with E-state index in [1.807, 2.05) is 46.2 Å². The van der Waals surface area contributed by atoms with Crippen molar-refractivity contribution in [1.29, 1.82) is 0 Å². The standard InChI is InChI=1S/C22H23Cl2N5O2/c23-14-1-4-19-20(9-14)26-22(25-19)17-10-15(2-3-18(17)24)28-5-7-29(8-6-28)21(31)13-27-11-16(30)12-27/h1-4,9-10,16,30H,5-8,11-13H2,(H,25,26). The molecule has 3 heterocycles. The summed E-state index contributed by atoms with van der Waals surface area (Å²) in [5.74, 6) is 0.832. The summed E-state index contributed by atoms with van der Waals surface area (Å²) in [5.41, 5.74) is 3.59. The summed E-state index contributed by atoms with van der Waals surface area (Å²) in [4.78, 5) is 26.6. The van der Waals surface area contributed by atoms with Crippen LogP contribution in [0.15, 0.2) is 36.4 Å². The second-order valence-electron chi connectivity index (χ2n) is 8.13. The van der Waals surface area contributed by atoms with Crippen LogP contribution in [0, 0.1) is 0 Å². The fraction of sp³-hybridized carbons (Fsp3) is 0.364. The Kier molecular flexibility index (Phi) is 5.52. The van der Waals surface area contributed by atoms with Gasteiger partial charge in [0.15, 0.2) is 0 Å². The molecule has 7 nitrogen and oxygen atoms in total. The molecule has 1 amide bonds. The maximum absolute atomic E-state index is 12.5. The Hall–Kier alpha value is -2.32. The fourth-order valence-electron chi connectivity index (χ4n) is 4.18. The van der Waals surface area contributed by atoms with Gasteiger partial charge in [-0.2, -0.15) is 0 Å². The number of nitrogens with zero attached hydrogens (tertiary/aromatic N) is 4. The van der Waals surface area contributed by atoms with Crippen molar-refractivity contribution in [3.63, 3.8) is 0 Å². The fourth-order valence-corrected chi connectivity index (χ4v) is 4.56. The Morgan fingerprint density at radius 2 is 1.87 bits per heavy atom. The summed E-state index contributed by atoms with van der Waals surface area (Å²) in [6.45, 7) is 4.43. The number of aliphatic hydroxyl groups is 1. The molecule has 0 unspecified atom stereocenters. The van der Waals surface area contributed by atoms with E-state index in [1.165, 1.54) is 0 Å². The van der Waals surface area contributed by atoms with Crippen molar-refractivity contribution in [1.82, 2.24) is 19.8 Å². The van der Waals surface area contributed by atoms with E-state index in [2.05, 4.69) is 14.9 Å². The molecule has 0 radical (unpaired) electrons. The minimum absolute atomic E-state index is 0.129. The Morgan fingerprint density at radius 3 is 2.61 bits per heavy atom. The van der Waals surface area contributed by atoms with E-state index in [1.54, 1.807) is 0 Å². The van der Waals surface area contributed by atoms with Crippen LogP contribution >= 0.6 is 23.2 Å². The molecule has 9 heteroatoms. The number of H-pyrrole nitrogens is 1. The molecule has 0 atom stereocenters. The topological polar surface area (TPSA) is 75.7 Å². The van der Waals surface area contributed by atoms with Crippen LogP contribution in [0.1, 0.15) is 0 Å².